The number of aromatic nitrogens is 3. The zero-order chi connectivity index (χ0) is 21.9. The summed E-state index contributed by atoms with van der Waals surface area (Å²) in [6, 6.07) is 10.4. The lowest BCUT2D eigenvalue weighted by Gasteiger charge is -2.32. The topological polar surface area (TPSA) is 86.4 Å². The molecule has 2 fully saturated rings. The molecule has 5 rings (SSSR count). The van der Waals surface area contributed by atoms with Gasteiger partial charge in [-0.15, -0.1) is 0 Å². The summed E-state index contributed by atoms with van der Waals surface area (Å²) < 4.78 is 5.14. The molecule has 32 heavy (non-hydrogen) atoms. The van der Waals surface area contributed by atoms with Crippen LogP contribution >= 0.6 is 0 Å². The number of benzene rings is 1. The molecule has 0 saturated carbocycles. The molecule has 0 atom stereocenters. The van der Waals surface area contributed by atoms with E-state index in [4.69, 9.17) is 4.74 Å². The van der Waals surface area contributed by atoms with Crippen molar-refractivity contribution in [3.63, 3.8) is 0 Å². The molecule has 2 aliphatic rings. The molecule has 4 heterocycles. The fourth-order valence-corrected chi connectivity index (χ4v) is 4.71. The Morgan fingerprint density at radius 3 is 2.66 bits per heavy atom. The van der Waals surface area contributed by atoms with Crippen LogP contribution in [0.1, 0.15) is 40.5 Å². The summed E-state index contributed by atoms with van der Waals surface area (Å²) in [4.78, 5) is 29.3. The van der Waals surface area contributed by atoms with Gasteiger partial charge in [-0.25, -0.2) is 9.97 Å². The van der Waals surface area contributed by atoms with Crippen molar-refractivity contribution in [1.82, 2.24) is 30.1 Å². The van der Waals surface area contributed by atoms with Crippen molar-refractivity contribution in [3.8, 4) is 5.88 Å². The average Bonchev–Trinajstić information content (AvgIpc) is 3.28. The number of H-pyrrole nitrogens is 1. The minimum absolute atomic E-state index is 0.00872. The number of nitrogens with one attached hydrogen (secondary N) is 2. The Hall–Kier alpha value is -2.97. The van der Waals surface area contributed by atoms with Crippen LogP contribution in [0.3, 0.4) is 0 Å². The number of imidazole rings is 1. The molecule has 8 nitrogen and oxygen atoms in total. The van der Waals surface area contributed by atoms with Gasteiger partial charge in [0.05, 0.1) is 18.1 Å². The molecule has 8 heteroatoms. The zero-order valence-electron chi connectivity index (χ0n) is 18.5. The fraction of sp³-hybridized carbons (Fsp3) is 0.458. The Bertz CT molecular complexity index is 1070. The van der Waals surface area contributed by atoms with E-state index < -0.39 is 0 Å². The Kier molecular flexibility index (Phi) is 6.05. The SMILES string of the molecule is COc1ccc(CN2CCC(c3ccc4nc(C(=O)N5CCNCC5)[nH]c4c3)CC2)cn1. The van der Waals surface area contributed by atoms with Gasteiger partial charge in [0, 0.05) is 45.0 Å². The van der Waals surface area contributed by atoms with E-state index in [1.807, 2.05) is 23.2 Å². The van der Waals surface area contributed by atoms with Gasteiger partial charge in [-0.1, -0.05) is 12.1 Å². The first-order chi connectivity index (χ1) is 15.7. The minimum Gasteiger partial charge on any atom is -0.481 e. The lowest BCUT2D eigenvalue weighted by atomic mass is 9.89. The molecule has 2 aromatic heterocycles. The summed E-state index contributed by atoms with van der Waals surface area (Å²) >= 11 is 0. The number of fused-ring (bicyclic) bond motifs is 1. The highest BCUT2D eigenvalue weighted by atomic mass is 16.5. The number of aromatic amines is 1. The number of pyridine rings is 1. The maximum atomic E-state index is 12.8. The van der Waals surface area contributed by atoms with Crippen molar-refractivity contribution in [2.45, 2.75) is 25.3 Å². The average molecular weight is 435 g/mol. The van der Waals surface area contributed by atoms with Gasteiger partial charge in [0.25, 0.3) is 5.91 Å². The third-order valence-electron chi connectivity index (χ3n) is 6.58. The molecule has 1 amide bonds. The number of methoxy groups -OCH3 is 1. The van der Waals surface area contributed by atoms with Gasteiger partial charge >= 0.3 is 0 Å². The summed E-state index contributed by atoms with van der Waals surface area (Å²) in [5.41, 5.74) is 4.35. The molecular formula is C24H30N6O2. The van der Waals surface area contributed by atoms with Crippen LogP contribution in [0.25, 0.3) is 11.0 Å². The zero-order valence-corrected chi connectivity index (χ0v) is 18.5. The highest BCUT2D eigenvalue weighted by molar-refractivity contribution is 5.94. The molecule has 0 unspecified atom stereocenters. The predicted octanol–water partition coefficient (Wildman–Crippen LogP) is 2.39. The Labute approximate surface area is 188 Å². The van der Waals surface area contributed by atoms with Crippen LogP contribution in [-0.4, -0.2) is 77.0 Å². The number of hydrogen-bond acceptors (Lipinski definition) is 6. The molecule has 1 aromatic carbocycles. The first kappa shape index (κ1) is 20.9. The van der Waals surface area contributed by atoms with Crippen LogP contribution < -0.4 is 10.1 Å². The Morgan fingerprint density at radius 1 is 1.12 bits per heavy atom. The molecule has 0 radical (unpaired) electrons. The Morgan fingerprint density at radius 2 is 1.94 bits per heavy atom. The number of rotatable bonds is 5. The maximum absolute atomic E-state index is 12.8. The number of piperidine rings is 1. The molecule has 0 bridgehead atoms. The molecule has 2 aliphatic heterocycles. The lowest BCUT2D eigenvalue weighted by Crippen LogP contribution is -2.46. The number of amides is 1. The van der Waals surface area contributed by atoms with Crippen LogP contribution in [-0.2, 0) is 6.54 Å². The quantitative estimate of drug-likeness (QED) is 0.641. The van der Waals surface area contributed by atoms with Crippen LogP contribution in [0.2, 0.25) is 0 Å². The second-order valence-electron chi connectivity index (χ2n) is 8.66. The van der Waals surface area contributed by atoms with E-state index in [1.165, 1.54) is 11.1 Å². The molecule has 2 N–H and O–H groups in total. The van der Waals surface area contributed by atoms with Crippen LogP contribution in [0.5, 0.6) is 5.88 Å². The highest BCUT2D eigenvalue weighted by Crippen LogP contribution is 2.30. The van der Waals surface area contributed by atoms with Crippen molar-refractivity contribution < 1.29 is 9.53 Å². The van der Waals surface area contributed by atoms with Crippen molar-refractivity contribution in [1.29, 1.82) is 0 Å². The number of carbonyl (C=O) groups excluding carboxylic acids is 1. The molecule has 2 saturated heterocycles. The van der Waals surface area contributed by atoms with Gasteiger partial charge < -0.3 is 19.9 Å². The number of piperazine rings is 1. The second-order valence-corrected chi connectivity index (χ2v) is 8.66. The largest absolute Gasteiger partial charge is 0.481 e. The van der Waals surface area contributed by atoms with Gasteiger partial charge in [-0.3, -0.25) is 9.69 Å². The lowest BCUT2D eigenvalue weighted by molar-refractivity contribution is 0.0725. The maximum Gasteiger partial charge on any atom is 0.289 e. The van der Waals surface area contributed by atoms with E-state index >= 15 is 0 Å². The van der Waals surface area contributed by atoms with Crippen LogP contribution in [0.4, 0.5) is 0 Å². The number of hydrogen-bond donors (Lipinski definition) is 2. The van der Waals surface area contributed by atoms with Gasteiger partial charge in [0.2, 0.25) is 5.88 Å². The first-order valence-corrected chi connectivity index (χ1v) is 11.4. The van der Waals surface area contributed by atoms with E-state index in [0.29, 0.717) is 17.6 Å². The highest BCUT2D eigenvalue weighted by Gasteiger charge is 2.23. The fourth-order valence-electron chi connectivity index (χ4n) is 4.71. The van der Waals surface area contributed by atoms with E-state index in [2.05, 4.69) is 43.4 Å². The summed E-state index contributed by atoms with van der Waals surface area (Å²) in [5, 5.41) is 3.28. The van der Waals surface area contributed by atoms with E-state index in [-0.39, 0.29) is 5.91 Å². The summed E-state index contributed by atoms with van der Waals surface area (Å²) in [6.07, 6.45) is 4.14. The van der Waals surface area contributed by atoms with E-state index in [0.717, 1.165) is 69.7 Å². The molecular weight excluding hydrogens is 404 g/mol. The molecule has 0 spiro atoms. The smallest absolute Gasteiger partial charge is 0.289 e. The first-order valence-electron chi connectivity index (χ1n) is 11.4. The van der Waals surface area contributed by atoms with Gasteiger partial charge in [0.15, 0.2) is 5.82 Å². The summed E-state index contributed by atoms with van der Waals surface area (Å²) in [5.74, 6) is 1.62. The summed E-state index contributed by atoms with van der Waals surface area (Å²) in [7, 11) is 1.64. The predicted molar refractivity (Wildman–Crippen MR) is 123 cm³/mol. The standard InChI is InChI=1S/C24H30N6O2/c1-32-22-5-2-17(15-26-22)16-29-10-6-18(7-11-29)19-3-4-20-21(14-19)28-23(27-20)24(31)30-12-8-25-9-13-30/h2-5,14-15,18,25H,6-13,16H2,1H3,(H,27,28). The number of ether oxygens (including phenoxy) is 1. The van der Waals surface area contributed by atoms with Gasteiger partial charge in [-0.05, 0) is 55.1 Å². The number of nitrogens with zero attached hydrogens (tertiary/aromatic N) is 4. The summed E-state index contributed by atoms with van der Waals surface area (Å²) in [6.45, 7) is 6.17. The Balaban J connectivity index is 1.22. The monoisotopic (exact) mass is 434 g/mol. The van der Waals surface area contributed by atoms with Gasteiger partial charge in [-0.2, -0.15) is 0 Å². The second kappa shape index (κ2) is 9.26. The van der Waals surface area contributed by atoms with Gasteiger partial charge in [0.1, 0.15) is 0 Å². The third kappa shape index (κ3) is 4.47. The minimum atomic E-state index is -0.00872. The normalized spacial score (nSPS) is 18.2. The number of likely N-dealkylation sites (tertiary alicyclic amines) is 1. The molecule has 168 valence electrons. The van der Waals surface area contributed by atoms with Crippen LogP contribution in [0.15, 0.2) is 36.5 Å². The van der Waals surface area contributed by atoms with Crippen LogP contribution in [0, 0.1) is 0 Å². The van der Waals surface area contributed by atoms with Crippen molar-refractivity contribution in [2.24, 2.45) is 0 Å². The third-order valence-corrected chi connectivity index (χ3v) is 6.58. The van der Waals surface area contributed by atoms with E-state index in [1.54, 1.807) is 7.11 Å². The number of carbonyl (C=O) groups is 1. The van der Waals surface area contributed by atoms with E-state index in [9.17, 15) is 4.79 Å². The van der Waals surface area contributed by atoms with Crippen molar-refractivity contribution in [2.75, 3.05) is 46.4 Å². The molecule has 0 aliphatic carbocycles. The molecule has 3 aromatic rings. The van der Waals surface area contributed by atoms with Crippen molar-refractivity contribution >= 4 is 16.9 Å². The van der Waals surface area contributed by atoms with Crippen molar-refractivity contribution in [3.05, 3.63) is 53.5 Å².